The lowest BCUT2D eigenvalue weighted by atomic mass is 10.3. The molecule has 5 nitrogen and oxygen atoms in total. The van der Waals surface area contributed by atoms with Crippen LogP contribution in [0.4, 0.5) is 4.39 Å². The molecule has 2 aromatic heterocycles. The minimum absolute atomic E-state index is 0.289. The Morgan fingerprint density at radius 2 is 2.14 bits per heavy atom. The third-order valence-electron chi connectivity index (χ3n) is 3.23. The van der Waals surface area contributed by atoms with E-state index in [1.807, 2.05) is 10.8 Å². The van der Waals surface area contributed by atoms with Crippen molar-refractivity contribution in [3.8, 4) is 0 Å². The average Bonchev–Trinajstić information content (AvgIpc) is 3.08. The van der Waals surface area contributed by atoms with Crippen molar-refractivity contribution in [3.63, 3.8) is 0 Å². The van der Waals surface area contributed by atoms with Crippen molar-refractivity contribution in [2.45, 2.75) is 25.4 Å². The molecule has 3 rings (SSSR count). The van der Waals surface area contributed by atoms with Crippen LogP contribution >= 0.6 is 27.5 Å². The Balaban J connectivity index is 1.87. The van der Waals surface area contributed by atoms with Gasteiger partial charge in [0.1, 0.15) is 11.6 Å². The standard InChI is InChI=1S/C13H12BrClFN5/c14-9-6-12-11(7-10(9)16)18-13(8-15)21(12)4-1-3-20-5-2-17-19-20/h2,5-7H,1,3-4,8H2. The lowest BCUT2D eigenvalue weighted by Crippen LogP contribution is -2.07. The molecular weight excluding hydrogens is 361 g/mol. The molecule has 0 amide bonds. The van der Waals surface area contributed by atoms with E-state index in [-0.39, 0.29) is 11.7 Å². The zero-order valence-corrected chi connectivity index (χ0v) is 13.3. The van der Waals surface area contributed by atoms with Gasteiger partial charge in [-0.25, -0.2) is 9.37 Å². The van der Waals surface area contributed by atoms with Crippen molar-refractivity contribution in [1.29, 1.82) is 0 Å². The number of imidazole rings is 1. The molecule has 1 aromatic carbocycles. The molecule has 0 spiro atoms. The summed E-state index contributed by atoms with van der Waals surface area (Å²) in [6.45, 7) is 1.49. The third-order valence-corrected chi connectivity index (χ3v) is 4.08. The van der Waals surface area contributed by atoms with E-state index in [2.05, 4.69) is 31.2 Å². The highest BCUT2D eigenvalue weighted by molar-refractivity contribution is 9.10. The highest BCUT2D eigenvalue weighted by Gasteiger charge is 2.12. The summed E-state index contributed by atoms with van der Waals surface area (Å²) in [6, 6.07) is 3.16. The maximum absolute atomic E-state index is 13.6. The number of nitrogens with zero attached hydrogens (tertiary/aromatic N) is 5. The molecule has 0 unspecified atom stereocenters. The van der Waals surface area contributed by atoms with Crippen LogP contribution in [0, 0.1) is 5.82 Å². The van der Waals surface area contributed by atoms with Gasteiger partial charge in [-0.05, 0) is 28.4 Å². The quantitative estimate of drug-likeness (QED) is 0.645. The smallest absolute Gasteiger partial charge is 0.139 e. The minimum atomic E-state index is -0.323. The van der Waals surface area contributed by atoms with Gasteiger partial charge in [0.05, 0.1) is 27.6 Å². The molecule has 0 fully saturated rings. The normalized spacial score (nSPS) is 11.4. The van der Waals surface area contributed by atoms with Gasteiger partial charge in [-0.3, -0.25) is 4.68 Å². The summed E-state index contributed by atoms with van der Waals surface area (Å²) < 4.78 is 17.8. The van der Waals surface area contributed by atoms with E-state index >= 15 is 0 Å². The summed E-state index contributed by atoms with van der Waals surface area (Å²) in [5.41, 5.74) is 1.49. The van der Waals surface area contributed by atoms with Crippen LogP contribution in [0.2, 0.25) is 0 Å². The number of rotatable bonds is 5. The lowest BCUT2D eigenvalue weighted by molar-refractivity contribution is 0.514. The van der Waals surface area contributed by atoms with Crippen LogP contribution in [0.15, 0.2) is 29.0 Å². The van der Waals surface area contributed by atoms with Gasteiger partial charge in [-0.15, -0.1) is 16.7 Å². The number of benzene rings is 1. The first-order chi connectivity index (χ1) is 10.2. The molecule has 110 valence electrons. The zero-order chi connectivity index (χ0) is 14.8. The largest absolute Gasteiger partial charge is 0.327 e. The number of aromatic nitrogens is 5. The number of fused-ring (bicyclic) bond motifs is 1. The highest BCUT2D eigenvalue weighted by atomic mass is 79.9. The Labute approximate surface area is 133 Å². The molecule has 0 aliphatic rings. The molecule has 21 heavy (non-hydrogen) atoms. The average molecular weight is 373 g/mol. The number of halogens is 3. The van der Waals surface area contributed by atoms with Crippen LogP contribution in [-0.4, -0.2) is 24.5 Å². The molecule has 0 atom stereocenters. The second kappa shape index (κ2) is 6.11. The molecule has 3 aromatic rings. The molecule has 0 saturated carbocycles. The predicted octanol–water partition coefficient (Wildman–Crippen LogP) is 3.36. The summed E-state index contributed by atoms with van der Waals surface area (Å²) in [5.74, 6) is 0.704. The molecule has 0 aliphatic carbocycles. The fourth-order valence-corrected chi connectivity index (χ4v) is 2.80. The molecule has 0 bridgehead atoms. The van der Waals surface area contributed by atoms with Gasteiger partial charge in [0, 0.05) is 25.4 Å². The SMILES string of the molecule is Fc1cc2nc(CCl)n(CCCn3ccnn3)c2cc1Br. The van der Waals surface area contributed by atoms with Crippen molar-refractivity contribution in [2.24, 2.45) is 0 Å². The molecule has 0 aliphatic heterocycles. The van der Waals surface area contributed by atoms with Crippen LogP contribution in [0.25, 0.3) is 11.0 Å². The fraction of sp³-hybridized carbons (Fsp3) is 0.308. The Kier molecular flexibility index (Phi) is 4.21. The topological polar surface area (TPSA) is 48.5 Å². The highest BCUT2D eigenvalue weighted by Crippen LogP contribution is 2.25. The number of alkyl halides is 1. The minimum Gasteiger partial charge on any atom is -0.327 e. The monoisotopic (exact) mass is 371 g/mol. The Bertz CT molecular complexity index is 756. The Morgan fingerprint density at radius 3 is 2.86 bits per heavy atom. The molecule has 0 saturated heterocycles. The number of aryl methyl sites for hydroxylation is 2. The molecule has 0 N–H and O–H groups in total. The summed E-state index contributed by atoms with van der Waals surface area (Å²) in [7, 11) is 0. The van der Waals surface area contributed by atoms with Gasteiger partial charge in [0.2, 0.25) is 0 Å². The van der Waals surface area contributed by atoms with Crippen LogP contribution in [0.3, 0.4) is 0 Å². The van der Waals surface area contributed by atoms with E-state index in [0.717, 1.165) is 30.9 Å². The van der Waals surface area contributed by atoms with Gasteiger partial charge < -0.3 is 4.57 Å². The predicted molar refractivity (Wildman–Crippen MR) is 81.6 cm³/mol. The summed E-state index contributed by atoms with van der Waals surface area (Å²) in [4.78, 5) is 4.38. The van der Waals surface area contributed by atoms with Crippen LogP contribution < -0.4 is 0 Å². The number of hydrogen-bond acceptors (Lipinski definition) is 3. The Morgan fingerprint density at radius 1 is 1.29 bits per heavy atom. The lowest BCUT2D eigenvalue weighted by Gasteiger charge is -2.08. The van der Waals surface area contributed by atoms with Gasteiger partial charge in [-0.1, -0.05) is 5.21 Å². The van der Waals surface area contributed by atoms with Gasteiger partial charge >= 0.3 is 0 Å². The van der Waals surface area contributed by atoms with E-state index in [4.69, 9.17) is 11.6 Å². The molecule has 0 radical (unpaired) electrons. The van der Waals surface area contributed by atoms with Crippen LogP contribution in [0.1, 0.15) is 12.2 Å². The van der Waals surface area contributed by atoms with E-state index < -0.39 is 0 Å². The van der Waals surface area contributed by atoms with Crippen molar-refractivity contribution in [1.82, 2.24) is 24.5 Å². The van der Waals surface area contributed by atoms with Crippen LogP contribution in [-0.2, 0) is 19.0 Å². The van der Waals surface area contributed by atoms with Crippen LogP contribution in [0.5, 0.6) is 0 Å². The first-order valence-corrected chi connectivity index (χ1v) is 7.76. The molecule has 2 heterocycles. The maximum Gasteiger partial charge on any atom is 0.139 e. The second-order valence-corrected chi connectivity index (χ2v) is 5.71. The number of hydrogen-bond donors (Lipinski definition) is 0. The maximum atomic E-state index is 13.6. The summed E-state index contributed by atoms with van der Waals surface area (Å²) >= 11 is 9.16. The summed E-state index contributed by atoms with van der Waals surface area (Å²) in [5, 5.41) is 7.69. The first kappa shape index (κ1) is 14.5. The zero-order valence-electron chi connectivity index (χ0n) is 11.0. The molecular formula is C13H12BrClFN5. The first-order valence-electron chi connectivity index (χ1n) is 6.43. The Hall–Kier alpha value is -1.47. The van der Waals surface area contributed by atoms with E-state index in [0.29, 0.717) is 9.99 Å². The molecule has 8 heteroatoms. The van der Waals surface area contributed by atoms with Gasteiger partial charge in [0.25, 0.3) is 0 Å². The third kappa shape index (κ3) is 2.94. The van der Waals surface area contributed by atoms with Crippen molar-refractivity contribution in [2.75, 3.05) is 0 Å². The van der Waals surface area contributed by atoms with E-state index in [9.17, 15) is 4.39 Å². The van der Waals surface area contributed by atoms with Gasteiger partial charge in [-0.2, -0.15) is 0 Å². The van der Waals surface area contributed by atoms with Crippen molar-refractivity contribution in [3.05, 3.63) is 40.6 Å². The van der Waals surface area contributed by atoms with Gasteiger partial charge in [0.15, 0.2) is 0 Å². The van der Waals surface area contributed by atoms with Crippen molar-refractivity contribution < 1.29 is 4.39 Å². The summed E-state index contributed by atoms with van der Waals surface area (Å²) in [6.07, 6.45) is 4.32. The van der Waals surface area contributed by atoms with E-state index in [1.54, 1.807) is 16.9 Å². The van der Waals surface area contributed by atoms with E-state index in [1.165, 1.54) is 6.07 Å². The second-order valence-electron chi connectivity index (χ2n) is 4.59. The van der Waals surface area contributed by atoms with Crippen molar-refractivity contribution >= 4 is 38.6 Å². The fourth-order valence-electron chi connectivity index (χ4n) is 2.26.